The molecule has 3 heteroatoms. The second-order valence-electron chi connectivity index (χ2n) is 6.36. The summed E-state index contributed by atoms with van der Waals surface area (Å²) in [6.07, 6.45) is 9.92. The molecule has 1 aliphatic rings. The zero-order valence-electron chi connectivity index (χ0n) is 13.7. The molecule has 0 aliphatic carbocycles. The highest BCUT2D eigenvalue weighted by atomic mass is 127. The van der Waals surface area contributed by atoms with E-state index < -0.39 is 0 Å². The van der Waals surface area contributed by atoms with E-state index in [9.17, 15) is 0 Å². The Labute approximate surface area is 140 Å². The van der Waals surface area contributed by atoms with Gasteiger partial charge in [-0.25, -0.2) is 0 Å². The predicted octanol–water partition coefficient (Wildman–Crippen LogP) is 4.90. The van der Waals surface area contributed by atoms with Gasteiger partial charge in [-0.3, -0.25) is 0 Å². The smallest absolute Gasteiger partial charge is 0.0597 e. The van der Waals surface area contributed by atoms with Crippen LogP contribution in [0.4, 0.5) is 0 Å². The summed E-state index contributed by atoms with van der Waals surface area (Å²) in [6, 6.07) is 0. The second kappa shape index (κ2) is 11.2. The summed E-state index contributed by atoms with van der Waals surface area (Å²) in [5.74, 6) is 0.897. The molecule has 0 radical (unpaired) electrons. The molecule has 0 aromatic heterocycles. The molecule has 1 rings (SSSR count). The molecule has 120 valence electrons. The van der Waals surface area contributed by atoms with Crippen LogP contribution in [0.5, 0.6) is 0 Å². The van der Waals surface area contributed by atoms with Gasteiger partial charge in [0, 0.05) is 23.6 Å². The molecule has 0 saturated carbocycles. The first kappa shape index (κ1) is 18.7. The van der Waals surface area contributed by atoms with Gasteiger partial charge in [-0.15, -0.1) is 0 Å². The Hall–Kier alpha value is 0.650. The van der Waals surface area contributed by atoms with Gasteiger partial charge in [0.2, 0.25) is 0 Å². The number of ether oxygens (including phenoxy) is 1. The van der Waals surface area contributed by atoms with Crippen molar-refractivity contribution in [2.45, 2.75) is 75.7 Å². The Balaban J connectivity index is 2.29. The SMILES string of the molecule is CCCC(CCCC(I)CC)CN1CCOC(C)CC1. The first-order valence-electron chi connectivity index (χ1n) is 8.63. The minimum Gasteiger partial charge on any atom is -0.377 e. The normalized spacial score (nSPS) is 24.3. The van der Waals surface area contributed by atoms with E-state index in [0.717, 1.165) is 23.0 Å². The van der Waals surface area contributed by atoms with Crippen molar-refractivity contribution in [3.8, 4) is 0 Å². The third-order valence-electron chi connectivity index (χ3n) is 4.45. The van der Waals surface area contributed by atoms with E-state index in [1.807, 2.05) is 0 Å². The van der Waals surface area contributed by atoms with Gasteiger partial charge in [0.15, 0.2) is 0 Å². The molecular formula is C17H34INO. The molecule has 0 spiro atoms. The van der Waals surface area contributed by atoms with Crippen molar-refractivity contribution < 1.29 is 4.74 Å². The van der Waals surface area contributed by atoms with Crippen molar-refractivity contribution >= 4 is 22.6 Å². The number of alkyl halides is 1. The lowest BCUT2D eigenvalue weighted by Gasteiger charge is -2.26. The summed E-state index contributed by atoms with van der Waals surface area (Å²) in [5, 5.41) is 0. The predicted molar refractivity (Wildman–Crippen MR) is 96.8 cm³/mol. The maximum atomic E-state index is 5.76. The number of hydrogen-bond donors (Lipinski definition) is 0. The Kier molecular flexibility index (Phi) is 10.5. The van der Waals surface area contributed by atoms with Gasteiger partial charge in [0.1, 0.15) is 0 Å². The van der Waals surface area contributed by atoms with Crippen LogP contribution in [0.3, 0.4) is 0 Å². The van der Waals surface area contributed by atoms with Crippen molar-refractivity contribution in [2.75, 3.05) is 26.2 Å². The lowest BCUT2D eigenvalue weighted by atomic mass is 9.95. The zero-order chi connectivity index (χ0) is 14.8. The van der Waals surface area contributed by atoms with Gasteiger partial charge in [0.25, 0.3) is 0 Å². The Morgan fingerprint density at radius 1 is 1.20 bits per heavy atom. The topological polar surface area (TPSA) is 12.5 Å². The number of halogens is 1. The fourth-order valence-electron chi connectivity index (χ4n) is 3.06. The van der Waals surface area contributed by atoms with Crippen LogP contribution < -0.4 is 0 Å². The average Bonchev–Trinajstić information content (AvgIpc) is 2.63. The van der Waals surface area contributed by atoms with Gasteiger partial charge in [-0.05, 0) is 44.9 Å². The largest absolute Gasteiger partial charge is 0.377 e. The quantitative estimate of drug-likeness (QED) is 0.407. The maximum Gasteiger partial charge on any atom is 0.0597 e. The monoisotopic (exact) mass is 395 g/mol. The van der Waals surface area contributed by atoms with Crippen molar-refractivity contribution in [1.82, 2.24) is 4.90 Å². The lowest BCUT2D eigenvalue weighted by molar-refractivity contribution is 0.0742. The molecule has 0 bridgehead atoms. The molecule has 3 unspecified atom stereocenters. The van der Waals surface area contributed by atoms with E-state index in [-0.39, 0.29) is 0 Å². The summed E-state index contributed by atoms with van der Waals surface area (Å²) in [4.78, 5) is 2.64. The van der Waals surface area contributed by atoms with E-state index in [4.69, 9.17) is 4.74 Å². The Bertz CT molecular complexity index is 237. The Morgan fingerprint density at radius 3 is 2.70 bits per heavy atom. The fraction of sp³-hybridized carbons (Fsp3) is 1.00. The van der Waals surface area contributed by atoms with Crippen LogP contribution in [0, 0.1) is 5.92 Å². The lowest BCUT2D eigenvalue weighted by Crippen LogP contribution is -2.32. The first-order chi connectivity index (χ1) is 9.65. The second-order valence-corrected chi connectivity index (χ2v) is 8.12. The molecule has 3 atom stereocenters. The van der Waals surface area contributed by atoms with Crippen LogP contribution in [0.25, 0.3) is 0 Å². The molecule has 0 aromatic carbocycles. The fourth-order valence-corrected chi connectivity index (χ4v) is 3.50. The first-order valence-corrected chi connectivity index (χ1v) is 9.88. The van der Waals surface area contributed by atoms with Crippen molar-refractivity contribution in [2.24, 2.45) is 5.92 Å². The maximum absolute atomic E-state index is 5.76. The molecule has 1 aliphatic heterocycles. The van der Waals surface area contributed by atoms with Crippen LogP contribution in [0.15, 0.2) is 0 Å². The van der Waals surface area contributed by atoms with Gasteiger partial charge < -0.3 is 9.64 Å². The van der Waals surface area contributed by atoms with Crippen molar-refractivity contribution in [1.29, 1.82) is 0 Å². The van der Waals surface area contributed by atoms with E-state index in [0.29, 0.717) is 6.10 Å². The minimum absolute atomic E-state index is 0.453. The molecular weight excluding hydrogens is 361 g/mol. The summed E-state index contributed by atoms with van der Waals surface area (Å²) >= 11 is 2.61. The summed E-state index contributed by atoms with van der Waals surface area (Å²) in [5.41, 5.74) is 0. The molecule has 1 saturated heterocycles. The zero-order valence-corrected chi connectivity index (χ0v) is 15.9. The molecule has 20 heavy (non-hydrogen) atoms. The van der Waals surface area contributed by atoms with Gasteiger partial charge in [0.05, 0.1) is 12.7 Å². The molecule has 1 fully saturated rings. The van der Waals surface area contributed by atoms with Crippen LogP contribution >= 0.6 is 22.6 Å². The number of hydrogen-bond acceptors (Lipinski definition) is 2. The number of rotatable bonds is 9. The van der Waals surface area contributed by atoms with Crippen LogP contribution in [-0.4, -0.2) is 41.2 Å². The summed E-state index contributed by atoms with van der Waals surface area (Å²) in [7, 11) is 0. The van der Waals surface area contributed by atoms with Crippen LogP contribution in [0.2, 0.25) is 0 Å². The third-order valence-corrected chi connectivity index (χ3v) is 5.95. The number of nitrogens with zero attached hydrogens (tertiary/aromatic N) is 1. The molecule has 1 heterocycles. The average molecular weight is 395 g/mol. The molecule has 0 aromatic rings. The van der Waals surface area contributed by atoms with E-state index in [1.165, 1.54) is 58.0 Å². The van der Waals surface area contributed by atoms with Gasteiger partial charge in [-0.2, -0.15) is 0 Å². The van der Waals surface area contributed by atoms with Crippen molar-refractivity contribution in [3.63, 3.8) is 0 Å². The summed E-state index contributed by atoms with van der Waals surface area (Å²) in [6.45, 7) is 11.4. The highest BCUT2D eigenvalue weighted by Crippen LogP contribution is 2.21. The van der Waals surface area contributed by atoms with E-state index in [1.54, 1.807) is 0 Å². The third kappa shape index (κ3) is 8.18. The standard InChI is InChI=1S/C17H34INO/c1-4-7-16(8-6-9-17(18)5-2)14-19-11-10-15(3)20-13-12-19/h15-17H,4-14H2,1-3H3. The van der Waals surface area contributed by atoms with Gasteiger partial charge in [-0.1, -0.05) is 49.3 Å². The molecule has 2 nitrogen and oxygen atoms in total. The highest BCUT2D eigenvalue weighted by Gasteiger charge is 2.18. The van der Waals surface area contributed by atoms with E-state index >= 15 is 0 Å². The molecule has 0 N–H and O–H groups in total. The minimum atomic E-state index is 0.453. The van der Waals surface area contributed by atoms with Crippen molar-refractivity contribution in [3.05, 3.63) is 0 Å². The molecule has 0 amide bonds. The van der Waals surface area contributed by atoms with E-state index in [2.05, 4.69) is 48.3 Å². The highest BCUT2D eigenvalue weighted by molar-refractivity contribution is 14.1. The van der Waals surface area contributed by atoms with Gasteiger partial charge >= 0.3 is 0 Å². The Morgan fingerprint density at radius 2 is 2.00 bits per heavy atom. The van der Waals surface area contributed by atoms with Crippen LogP contribution in [0.1, 0.15) is 65.7 Å². The summed E-state index contributed by atoms with van der Waals surface area (Å²) < 4.78 is 6.64. The van der Waals surface area contributed by atoms with Crippen LogP contribution in [-0.2, 0) is 4.74 Å².